The topological polar surface area (TPSA) is 60.0 Å². The Morgan fingerprint density at radius 2 is 1.82 bits per heavy atom. The third-order valence-corrected chi connectivity index (χ3v) is 3.50. The Morgan fingerprint density at radius 1 is 0.955 bits per heavy atom. The molecule has 0 saturated heterocycles. The van der Waals surface area contributed by atoms with Gasteiger partial charge in [0, 0.05) is 34.6 Å². The molecule has 2 aromatic carbocycles. The highest BCUT2D eigenvalue weighted by atomic mass is 16.5. The van der Waals surface area contributed by atoms with Gasteiger partial charge in [0.1, 0.15) is 5.75 Å². The van der Waals surface area contributed by atoms with Crippen molar-refractivity contribution in [2.24, 2.45) is 0 Å². The molecule has 0 spiro atoms. The lowest BCUT2D eigenvalue weighted by Gasteiger charge is -2.05. The van der Waals surface area contributed by atoms with Crippen molar-refractivity contribution in [1.82, 2.24) is 15.0 Å². The molecule has 0 radical (unpaired) electrons. The summed E-state index contributed by atoms with van der Waals surface area (Å²) in [5, 5.41) is 2.36. The molecule has 4 aromatic rings. The van der Waals surface area contributed by atoms with E-state index in [1.165, 1.54) is 5.39 Å². The molecule has 2 heterocycles. The van der Waals surface area contributed by atoms with Crippen LogP contribution in [0.1, 0.15) is 0 Å². The molecule has 1 N–H and O–H groups in total. The zero-order chi connectivity index (χ0) is 14.9. The number of hydrogen-bond donors (Lipinski definition) is 1. The first kappa shape index (κ1) is 12.6. The van der Waals surface area contributed by atoms with Crippen LogP contribution < -0.4 is 9.47 Å². The normalized spacial score (nSPS) is 11.0. The quantitative estimate of drug-likeness (QED) is 0.621. The van der Waals surface area contributed by atoms with Gasteiger partial charge < -0.3 is 14.5 Å². The van der Waals surface area contributed by atoms with Crippen molar-refractivity contribution < 1.29 is 9.47 Å². The van der Waals surface area contributed by atoms with Gasteiger partial charge in [0.05, 0.1) is 12.6 Å². The van der Waals surface area contributed by atoms with E-state index in [2.05, 4.69) is 27.1 Å². The van der Waals surface area contributed by atoms with E-state index in [4.69, 9.17) is 9.47 Å². The molecule has 2 aromatic heterocycles. The van der Waals surface area contributed by atoms with Gasteiger partial charge in [-0.1, -0.05) is 18.2 Å². The molecule has 0 aliphatic heterocycles. The van der Waals surface area contributed by atoms with Crippen LogP contribution in [0.3, 0.4) is 0 Å². The van der Waals surface area contributed by atoms with E-state index in [0.29, 0.717) is 11.6 Å². The van der Waals surface area contributed by atoms with Crippen LogP contribution in [0.5, 0.6) is 17.6 Å². The minimum atomic E-state index is 0.259. The Bertz CT molecular complexity index is 962. The van der Waals surface area contributed by atoms with Crippen LogP contribution >= 0.6 is 0 Å². The Morgan fingerprint density at radius 3 is 2.73 bits per heavy atom. The number of nitrogens with zero attached hydrogens (tertiary/aromatic N) is 2. The number of aromatic nitrogens is 3. The molecule has 0 saturated carbocycles. The fourth-order valence-corrected chi connectivity index (χ4v) is 2.49. The number of rotatable bonds is 3. The molecule has 0 aliphatic rings. The maximum atomic E-state index is 5.70. The van der Waals surface area contributed by atoms with Gasteiger partial charge in [-0.05, 0) is 18.2 Å². The van der Waals surface area contributed by atoms with E-state index in [-0.39, 0.29) is 6.01 Å². The lowest BCUT2D eigenvalue weighted by Crippen LogP contribution is -1.94. The molecule has 0 unspecified atom stereocenters. The molecule has 0 atom stereocenters. The van der Waals surface area contributed by atoms with Gasteiger partial charge in [0.15, 0.2) is 0 Å². The van der Waals surface area contributed by atoms with Crippen molar-refractivity contribution in [3.8, 4) is 17.6 Å². The molecule has 0 amide bonds. The third-order valence-electron chi connectivity index (χ3n) is 3.50. The average molecular weight is 291 g/mol. The lowest BCUT2D eigenvalue weighted by molar-refractivity contribution is 0.376. The number of H-pyrrole nitrogens is 1. The summed E-state index contributed by atoms with van der Waals surface area (Å²) in [4.78, 5) is 11.6. The summed E-state index contributed by atoms with van der Waals surface area (Å²) in [5.41, 5.74) is 2.12. The number of nitrogens with one attached hydrogen (secondary N) is 1. The van der Waals surface area contributed by atoms with Crippen LogP contribution in [0.15, 0.2) is 54.7 Å². The maximum Gasteiger partial charge on any atom is 0.325 e. The summed E-state index contributed by atoms with van der Waals surface area (Å²) < 4.78 is 10.8. The predicted molar refractivity (Wildman–Crippen MR) is 84.5 cm³/mol. The van der Waals surface area contributed by atoms with Gasteiger partial charge in [-0.3, -0.25) is 0 Å². The summed E-state index contributed by atoms with van der Waals surface area (Å²) in [6, 6.07) is 16.0. The molecule has 0 aliphatic carbocycles. The summed E-state index contributed by atoms with van der Waals surface area (Å²) in [6.07, 6.45) is 1.60. The summed E-state index contributed by atoms with van der Waals surface area (Å²) in [7, 11) is 1.56. The van der Waals surface area contributed by atoms with Crippen molar-refractivity contribution in [2.75, 3.05) is 7.11 Å². The molecule has 4 rings (SSSR count). The van der Waals surface area contributed by atoms with Crippen molar-refractivity contribution in [1.29, 1.82) is 0 Å². The van der Waals surface area contributed by atoms with Crippen LogP contribution in [-0.4, -0.2) is 22.1 Å². The summed E-state index contributed by atoms with van der Waals surface area (Å²) in [6.45, 7) is 0. The second-order valence-electron chi connectivity index (χ2n) is 4.86. The first-order chi connectivity index (χ1) is 10.8. The number of ether oxygens (including phenoxy) is 2. The first-order valence-corrected chi connectivity index (χ1v) is 6.89. The van der Waals surface area contributed by atoms with Crippen LogP contribution in [-0.2, 0) is 0 Å². The van der Waals surface area contributed by atoms with Crippen LogP contribution in [0.25, 0.3) is 21.8 Å². The number of methoxy groups -OCH3 is 1. The number of hydrogen-bond acceptors (Lipinski definition) is 4. The summed E-state index contributed by atoms with van der Waals surface area (Å²) in [5.74, 6) is 1.14. The van der Waals surface area contributed by atoms with E-state index in [1.54, 1.807) is 19.4 Å². The molecule has 0 bridgehead atoms. The SMILES string of the molecule is COc1ccnc(Oc2ccc3c(c2)[nH]c2ccccc23)n1. The van der Waals surface area contributed by atoms with Crippen molar-refractivity contribution in [3.05, 3.63) is 54.7 Å². The molecule has 5 heteroatoms. The van der Waals surface area contributed by atoms with Crippen LogP contribution in [0.4, 0.5) is 0 Å². The van der Waals surface area contributed by atoms with E-state index in [1.807, 2.05) is 30.3 Å². The predicted octanol–water partition coefficient (Wildman–Crippen LogP) is 3.91. The molecule has 5 nitrogen and oxygen atoms in total. The smallest absolute Gasteiger partial charge is 0.325 e. The fourth-order valence-electron chi connectivity index (χ4n) is 2.49. The Balaban J connectivity index is 1.74. The Labute approximate surface area is 126 Å². The van der Waals surface area contributed by atoms with E-state index < -0.39 is 0 Å². The van der Waals surface area contributed by atoms with Gasteiger partial charge in [-0.25, -0.2) is 4.98 Å². The Hall–Kier alpha value is -3.08. The molecule has 108 valence electrons. The zero-order valence-corrected chi connectivity index (χ0v) is 11.9. The lowest BCUT2D eigenvalue weighted by atomic mass is 10.1. The van der Waals surface area contributed by atoms with Gasteiger partial charge in [0.2, 0.25) is 5.88 Å². The van der Waals surface area contributed by atoms with Gasteiger partial charge >= 0.3 is 6.01 Å². The van der Waals surface area contributed by atoms with E-state index >= 15 is 0 Å². The van der Waals surface area contributed by atoms with Crippen molar-refractivity contribution in [2.45, 2.75) is 0 Å². The first-order valence-electron chi connectivity index (χ1n) is 6.89. The molecule has 0 fully saturated rings. The van der Waals surface area contributed by atoms with Crippen LogP contribution in [0.2, 0.25) is 0 Å². The largest absolute Gasteiger partial charge is 0.481 e. The number of aromatic amines is 1. The number of benzene rings is 2. The number of para-hydroxylation sites is 1. The molecular formula is C17H13N3O2. The maximum absolute atomic E-state index is 5.70. The fraction of sp³-hybridized carbons (Fsp3) is 0.0588. The van der Waals surface area contributed by atoms with Gasteiger partial charge in [-0.2, -0.15) is 4.98 Å². The molecular weight excluding hydrogens is 278 g/mol. The highest BCUT2D eigenvalue weighted by Gasteiger charge is 2.07. The standard InChI is InChI=1S/C17H13N3O2/c1-21-16-8-9-18-17(20-16)22-11-6-7-13-12-4-2-3-5-14(12)19-15(13)10-11/h2-10,19H,1H3. The van der Waals surface area contributed by atoms with Crippen LogP contribution in [0, 0.1) is 0 Å². The minimum Gasteiger partial charge on any atom is -0.481 e. The number of fused-ring (bicyclic) bond motifs is 3. The second-order valence-corrected chi connectivity index (χ2v) is 4.86. The molecule has 22 heavy (non-hydrogen) atoms. The monoisotopic (exact) mass is 291 g/mol. The highest BCUT2D eigenvalue weighted by molar-refractivity contribution is 6.07. The minimum absolute atomic E-state index is 0.259. The third kappa shape index (κ3) is 2.13. The van der Waals surface area contributed by atoms with Gasteiger partial charge in [0.25, 0.3) is 0 Å². The van der Waals surface area contributed by atoms with Crippen molar-refractivity contribution >= 4 is 21.8 Å². The van der Waals surface area contributed by atoms with Crippen molar-refractivity contribution in [3.63, 3.8) is 0 Å². The summed E-state index contributed by atoms with van der Waals surface area (Å²) >= 11 is 0. The average Bonchev–Trinajstić information content (AvgIpc) is 2.92. The van der Waals surface area contributed by atoms with Gasteiger partial charge in [-0.15, -0.1) is 0 Å². The van der Waals surface area contributed by atoms with E-state index in [9.17, 15) is 0 Å². The second kappa shape index (κ2) is 5.04. The Kier molecular flexibility index (Phi) is 2.89. The zero-order valence-electron chi connectivity index (χ0n) is 11.9. The highest BCUT2D eigenvalue weighted by Crippen LogP contribution is 2.29. The van der Waals surface area contributed by atoms with E-state index in [0.717, 1.165) is 16.4 Å².